The zero-order valence-corrected chi connectivity index (χ0v) is 12.7. The SMILES string of the molecule is CC(=O)c1ccccc1OCC1(CBr)CCOCC1. The first-order valence-corrected chi connectivity index (χ1v) is 7.65. The van der Waals surface area contributed by atoms with E-state index in [9.17, 15) is 4.79 Å². The third-order valence-electron chi connectivity index (χ3n) is 3.64. The number of carbonyl (C=O) groups is 1. The van der Waals surface area contributed by atoms with Gasteiger partial charge in [-0.3, -0.25) is 4.79 Å². The largest absolute Gasteiger partial charge is 0.492 e. The number of alkyl halides is 1. The summed E-state index contributed by atoms with van der Waals surface area (Å²) in [5.41, 5.74) is 0.765. The molecule has 1 aliphatic rings. The molecule has 0 atom stereocenters. The van der Waals surface area contributed by atoms with Crippen LogP contribution < -0.4 is 4.74 Å². The molecule has 4 heteroatoms. The predicted molar refractivity (Wildman–Crippen MR) is 78.2 cm³/mol. The molecule has 0 N–H and O–H groups in total. The van der Waals surface area contributed by atoms with Gasteiger partial charge in [0.05, 0.1) is 12.2 Å². The molecule has 1 fully saturated rings. The highest BCUT2D eigenvalue weighted by Gasteiger charge is 2.32. The second-order valence-corrected chi connectivity index (χ2v) is 5.65. The molecule has 19 heavy (non-hydrogen) atoms. The number of carbonyl (C=O) groups excluding carboxylic acids is 1. The average molecular weight is 327 g/mol. The van der Waals surface area contributed by atoms with Gasteiger partial charge in [-0.25, -0.2) is 0 Å². The number of Topliss-reactive ketones (excluding diaryl/α,β-unsaturated/α-hetero) is 1. The van der Waals surface area contributed by atoms with E-state index in [2.05, 4.69) is 15.9 Å². The van der Waals surface area contributed by atoms with Crippen LogP contribution in [0.4, 0.5) is 0 Å². The quantitative estimate of drug-likeness (QED) is 0.614. The lowest BCUT2D eigenvalue weighted by molar-refractivity contribution is 0.00340. The van der Waals surface area contributed by atoms with Crippen molar-refractivity contribution in [3.05, 3.63) is 29.8 Å². The molecule has 0 bridgehead atoms. The second kappa shape index (κ2) is 6.53. The van der Waals surface area contributed by atoms with Crippen LogP contribution in [-0.2, 0) is 4.74 Å². The van der Waals surface area contributed by atoms with Crippen molar-refractivity contribution < 1.29 is 14.3 Å². The van der Waals surface area contributed by atoms with Crippen molar-refractivity contribution in [2.45, 2.75) is 19.8 Å². The summed E-state index contributed by atoms with van der Waals surface area (Å²) in [6, 6.07) is 7.42. The molecule has 1 aromatic rings. The van der Waals surface area contributed by atoms with Crippen molar-refractivity contribution in [1.29, 1.82) is 0 Å². The normalized spacial score (nSPS) is 18.0. The molecule has 1 heterocycles. The number of hydrogen-bond donors (Lipinski definition) is 0. The smallest absolute Gasteiger partial charge is 0.163 e. The van der Waals surface area contributed by atoms with Gasteiger partial charge in [-0.15, -0.1) is 0 Å². The second-order valence-electron chi connectivity index (χ2n) is 5.09. The summed E-state index contributed by atoms with van der Waals surface area (Å²) in [7, 11) is 0. The van der Waals surface area contributed by atoms with Gasteiger partial charge in [0.2, 0.25) is 0 Å². The first kappa shape index (κ1) is 14.5. The summed E-state index contributed by atoms with van der Waals surface area (Å²) in [4.78, 5) is 11.6. The van der Waals surface area contributed by atoms with Gasteiger partial charge in [-0.05, 0) is 31.9 Å². The molecule has 3 nitrogen and oxygen atoms in total. The zero-order chi connectivity index (χ0) is 13.7. The summed E-state index contributed by atoms with van der Waals surface area (Å²) < 4.78 is 11.3. The van der Waals surface area contributed by atoms with Gasteiger partial charge in [0.1, 0.15) is 5.75 Å². The van der Waals surface area contributed by atoms with Crippen LogP contribution in [0.5, 0.6) is 5.75 Å². The Morgan fingerprint density at radius 3 is 2.68 bits per heavy atom. The Kier molecular flexibility index (Phi) is 4.99. The molecular formula is C15H19BrO3. The van der Waals surface area contributed by atoms with Crippen molar-refractivity contribution in [2.24, 2.45) is 5.41 Å². The van der Waals surface area contributed by atoms with Crippen LogP contribution in [0.3, 0.4) is 0 Å². The maximum Gasteiger partial charge on any atom is 0.163 e. The third kappa shape index (κ3) is 3.57. The number of para-hydroxylation sites is 1. The fourth-order valence-corrected chi connectivity index (χ4v) is 2.96. The molecule has 0 saturated carbocycles. The molecule has 1 saturated heterocycles. The van der Waals surface area contributed by atoms with E-state index in [1.54, 1.807) is 6.92 Å². The molecular weight excluding hydrogens is 308 g/mol. The lowest BCUT2D eigenvalue weighted by Crippen LogP contribution is -2.36. The highest BCUT2D eigenvalue weighted by Crippen LogP contribution is 2.33. The number of halogens is 1. The topological polar surface area (TPSA) is 35.5 Å². The van der Waals surface area contributed by atoms with Crippen LogP contribution >= 0.6 is 15.9 Å². The first-order chi connectivity index (χ1) is 9.17. The van der Waals surface area contributed by atoms with E-state index in [1.165, 1.54) is 0 Å². The number of ether oxygens (including phenoxy) is 2. The lowest BCUT2D eigenvalue weighted by Gasteiger charge is -2.35. The molecule has 0 aromatic heterocycles. The molecule has 0 spiro atoms. The van der Waals surface area contributed by atoms with Gasteiger partial charge < -0.3 is 9.47 Å². The van der Waals surface area contributed by atoms with Crippen LogP contribution in [-0.4, -0.2) is 30.9 Å². The molecule has 0 unspecified atom stereocenters. The molecule has 2 rings (SSSR count). The van der Waals surface area contributed by atoms with Gasteiger partial charge in [-0.1, -0.05) is 28.1 Å². The highest BCUT2D eigenvalue weighted by molar-refractivity contribution is 9.09. The van der Waals surface area contributed by atoms with E-state index in [-0.39, 0.29) is 11.2 Å². The van der Waals surface area contributed by atoms with Crippen molar-refractivity contribution >= 4 is 21.7 Å². The van der Waals surface area contributed by atoms with Crippen molar-refractivity contribution in [3.8, 4) is 5.75 Å². The average Bonchev–Trinajstić information content (AvgIpc) is 2.46. The van der Waals surface area contributed by atoms with E-state index >= 15 is 0 Å². The standard InChI is InChI=1S/C15H19BrO3/c1-12(17)13-4-2-3-5-14(13)19-11-15(10-16)6-8-18-9-7-15/h2-5H,6-11H2,1H3. The predicted octanol–water partition coefficient (Wildman–Crippen LogP) is 3.46. The Morgan fingerprint density at radius 2 is 2.05 bits per heavy atom. The van der Waals surface area contributed by atoms with E-state index in [1.807, 2.05) is 24.3 Å². The van der Waals surface area contributed by atoms with E-state index in [0.29, 0.717) is 17.9 Å². The third-order valence-corrected chi connectivity index (χ3v) is 4.83. The number of ketones is 1. The van der Waals surface area contributed by atoms with Crippen LogP contribution in [0.15, 0.2) is 24.3 Å². The van der Waals surface area contributed by atoms with Crippen LogP contribution in [0.2, 0.25) is 0 Å². The molecule has 1 aliphatic heterocycles. The summed E-state index contributed by atoms with van der Waals surface area (Å²) in [5, 5.41) is 0.894. The maximum absolute atomic E-state index is 11.6. The van der Waals surface area contributed by atoms with E-state index in [4.69, 9.17) is 9.47 Å². The Balaban J connectivity index is 2.07. The van der Waals surface area contributed by atoms with Gasteiger partial charge in [0.15, 0.2) is 5.78 Å². The number of benzene rings is 1. The summed E-state index contributed by atoms with van der Waals surface area (Å²) in [5.74, 6) is 0.720. The first-order valence-electron chi connectivity index (χ1n) is 6.53. The molecule has 104 valence electrons. The summed E-state index contributed by atoms with van der Waals surface area (Å²) in [6.45, 7) is 3.75. The molecule has 0 amide bonds. The maximum atomic E-state index is 11.6. The van der Waals surface area contributed by atoms with E-state index < -0.39 is 0 Å². The van der Waals surface area contributed by atoms with Crippen molar-refractivity contribution in [2.75, 3.05) is 25.2 Å². The minimum Gasteiger partial charge on any atom is -0.492 e. The Bertz CT molecular complexity index is 439. The van der Waals surface area contributed by atoms with Crippen LogP contribution in [0, 0.1) is 5.41 Å². The Labute approximate surface area is 122 Å². The van der Waals surface area contributed by atoms with Gasteiger partial charge in [-0.2, -0.15) is 0 Å². The van der Waals surface area contributed by atoms with Gasteiger partial charge in [0.25, 0.3) is 0 Å². The fourth-order valence-electron chi connectivity index (χ4n) is 2.24. The minimum absolute atomic E-state index is 0.0375. The van der Waals surface area contributed by atoms with Crippen molar-refractivity contribution in [3.63, 3.8) is 0 Å². The molecule has 1 aromatic carbocycles. The summed E-state index contributed by atoms with van der Waals surface area (Å²) in [6.07, 6.45) is 1.97. The minimum atomic E-state index is 0.0375. The Morgan fingerprint density at radius 1 is 1.37 bits per heavy atom. The van der Waals surface area contributed by atoms with Crippen molar-refractivity contribution in [1.82, 2.24) is 0 Å². The molecule has 0 aliphatic carbocycles. The lowest BCUT2D eigenvalue weighted by atomic mass is 9.83. The van der Waals surface area contributed by atoms with Crippen LogP contribution in [0.1, 0.15) is 30.1 Å². The van der Waals surface area contributed by atoms with Crippen LogP contribution in [0.25, 0.3) is 0 Å². The fraction of sp³-hybridized carbons (Fsp3) is 0.533. The van der Waals surface area contributed by atoms with Gasteiger partial charge >= 0.3 is 0 Å². The Hall–Kier alpha value is -0.870. The number of rotatable bonds is 5. The molecule has 0 radical (unpaired) electrons. The van der Waals surface area contributed by atoms with Gasteiger partial charge in [0, 0.05) is 24.0 Å². The van der Waals surface area contributed by atoms with E-state index in [0.717, 1.165) is 31.4 Å². The highest BCUT2D eigenvalue weighted by atomic mass is 79.9. The monoisotopic (exact) mass is 326 g/mol. The zero-order valence-electron chi connectivity index (χ0n) is 11.2. The summed E-state index contributed by atoms with van der Waals surface area (Å²) >= 11 is 3.59. The number of hydrogen-bond acceptors (Lipinski definition) is 3.